The van der Waals surface area contributed by atoms with Crippen LogP contribution in [-0.4, -0.2) is 22.3 Å². The Balaban J connectivity index is 1.54. The van der Waals surface area contributed by atoms with E-state index in [-0.39, 0.29) is 0 Å². The Bertz CT molecular complexity index is 820. The molecule has 116 valence electrons. The maximum Gasteiger partial charge on any atom is 0.277 e. The molecule has 1 unspecified atom stereocenters. The molecule has 0 fully saturated rings. The van der Waals surface area contributed by atoms with Gasteiger partial charge in [-0.3, -0.25) is 4.98 Å². The van der Waals surface area contributed by atoms with Gasteiger partial charge in [0.15, 0.2) is 0 Å². The minimum atomic E-state index is 0.349. The summed E-state index contributed by atoms with van der Waals surface area (Å²) in [6.45, 7) is 0. The molecule has 2 aromatic heterocycles. The molecule has 1 aliphatic rings. The average Bonchev–Trinajstić information content (AvgIpc) is 3.23. The lowest BCUT2D eigenvalue weighted by atomic mass is 10.1. The van der Waals surface area contributed by atoms with E-state index in [9.17, 15) is 0 Å². The van der Waals surface area contributed by atoms with Gasteiger partial charge in [0.1, 0.15) is 5.75 Å². The van der Waals surface area contributed by atoms with E-state index in [1.54, 1.807) is 31.3 Å². The fourth-order valence-corrected chi connectivity index (χ4v) is 3.85. The number of rotatable bonds is 4. The molecule has 1 aromatic carbocycles. The molecule has 0 aliphatic heterocycles. The van der Waals surface area contributed by atoms with E-state index < -0.39 is 0 Å². The van der Waals surface area contributed by atoms with Crippen LogP contribution in [0.15, 0.2) is 52.4 Å². The first-order valence-electron chi connectivity index (χ1n) is 7.41. The normalized spacial score (nSPS) is 16.3. The lowest BCUT2D eigenvalue weighted by molar-refractivity contribution is 0.414. The maximum atomic E-state index is 5.78. The van der Waals surface area contributed by atoms with Crippen LogP contribution in [0.1, 0.15) is 22.8 Å². The molecule has 3 aromatic rings. The van der Waals surface area contributed by atoms with Crippen LogP contribution in [0, 0.1) is 0 Å². The summed E-state index contributed by atoms with van der Waals surface area (Å²) in [6.07, 6.45) is 5.55. The van der Waals surface area contributed by atoms with E-state index in [0.717, 1.165) is 24.2 Å². The molecular formula is C17H15N3O2S. The maximum absolute atomic E-state index is 5.78. The predicted molar refractivity (Wildman–Crippen MR) is 87.4 cm³/mol. The Kier molecular flexibility index (Phi) is 3.75. The van der Waals surface area contributed by atoms with E-state index in [4.69, 9.17) is 9.15 Å². The summed E-state index contributed by atoms with van der Waals surface area (Å²) in [5.41, 5.74) is 3.56. The number of hydrogen-bond acceptors (Lipinski definition) is 6. The molecule has 0 radical (unpaired) electrons. The molecule has 23 heavy (non-hydrogen) atoms. The topological polar surface area (TPSA) is 61.0 Å². The number of ether oxygens (including phenoxy) is 1. The first kappa shape index (κ1) is 14.3. The van der Waals surface area contributed by atoms with Gasteiger partial charge in [-0.2, -0.15) is 0 Å². The zero-order valence-corrected chi connectivity index (χ0v) is 13.4. The second-order valence-corrected chi connectivity index (χ2v) is 6.47. The van der Waals surface area contributed by atoms with Gasteiger partial charge in [-0.1, -0.05) is 17.8 Å². The van der Waals surface area contributed by atoms with Crippen molar-refractivity contribution in [2.24, 2.45) is 0 Å². The summed E-state index contributed by atoms with van der Waals surface area (Å²) < 4.78 is 11.1. The fourth-order valence-electron chi connectivity index (χ4n) is 2.79. The molecule has 4 rings (SSSR count). The number of hydrogen-bond donors (Lipinski definition) is 0. The minimum absolute atomic E-state index is 0.349. The number of benzene rings is 1. The van der Waals surface area contributed by atoms with Crippen LogP contribution in [-0.2, 0) is 6.42 Å². The molecule has 0 amide bonds. The van der Waals surface area contributed by atoms with Gasteiger partial charge in [0, 0.05) is 23.2 Å². The highest BCUT2D eigenvalue weighted by Crippen LogP contribution is 2.45. The molecule has 0 saturated heterocycles. The number of methoxy groups -OCH3 is 1. The number of nitrogens with zero attached hydrogens (tertiary/aromatic N) is 3. The van der Waals surface area contributed by atoms with Crippen molar-refractivity contribution in [2.45, 2.75) is 23.3 Å². The Labute approximate surface area is 138 Å². The third-order valence-corrected chi connectivity index (χ3v) is 5.09. The molecule has 5 nitrogen and oxygen atoms in total. The lowest BCUT2D eigenvalue weighted by Crippen LogP contribution is -1.89. The molecular weight excluding hydrogens is 310 g/mol. The summed E-state index contributed by atoms with van der Waals surface area (Å²) in [7, 11) is 1.70. The molecule has 2 heterocycles. The van der Waals surface area contributed by atoms with Gasteiger partial charge in [0.25, 0.3) is 5.22 Å². The van der Waals surface area contributed by atoms with Crippen molar-refractivity contribution in [3.05, 3.63) is 53.9 Å². The van der Waals surface area contributed by atoms with Crippen LogP contribution >= 0.6 is 11.8 Å². The highest BCUT2D eigenvalue weighted by Gasteiger charge is 2.26. The van der Waals surface area contributed by atoms with Crippen LogP contribution in [0.5, 0.6) is 5.75 Å². The highest BCUT2D eigenvalue weighted by molar-refractivity contribution is 7.99. The van der Waals surface area contributed by atoms with Gasteiger partial charge >= 0.3 is 0 Å². The number of pyridine rings is 1. The largest absolute Gasteiger partial charge is 0.497 e. The van der Waals surface area contributed by atoms with Gasteiger partial charge < -0.3 is 9.15 Å². The van der Waals surface area contributed by atoms with E-state index in [2.05, 4.69) is 27.3 Å². The minimum Gasteiger partial charge on any atom is -0.497 e. The summed E-state index contributed by atoms with van der Waals surface area (Å²) in [5, 5.41) is 9.24. The third kappa shape index (κ3) is 2.82. The third-order valence-electron chi connectivity index (χ3n) is 3.95. The molecule has 1 atom stereocenters. The molecule has 0 bridgehead atoms. The van der Waals surface area contributed by atoms with Gasteiger partial charge in [-0.15, -0.1) is 10.2 Å². The first-order chi connectivity index (χ1) is 11.3. The van der Waals surface area contributed by atoms with Gasteiger partial charge in [-0.25, -0.2) is 0 Å². The summed E-state index contributed by atoms with van der Waals surface area (Å²) in [5.74, 6) is 1.44. The van der Waals surface area contributed by atoms with Crippen LogP contribution < -0.4 is 4.74 Å². The predicted octanol–water partition coefficient (Wildman–Crippen LogP) is 3.92. The smallest absolute Gasteiger partial charge is 0.277 e. The van der Waals surface area contributed by atoms with Crippen LogP contribution in [0.4, 0.5) is 0 Å². The van der Waals surface area contributed by atoms with Gasteiger partial charge in [0.05, 0.1) is 7.11 Å². The lowest BCUT2D eigenvalue weighted by Gasteiger charge is -2.09. The highest BCUT2D eigenvalue weighted by atomic mass is 32.2. The Morgan fingerprint density at radius 2 is 2.04 bits per heavy atom. The molecule has 1 aliphatic carbocycles. The standard InChI is InChI=1S/C17H15N3O2S/c1-21-13-3-4-14-12(10-13)2-5-15(14)23-17-20-19-16(22-17)11-6-8-18-9-7-11/h3-4,6-10,15H,2,5H2,1H3. The number of aromatic nitrogens is 3. The van der Waals surface area contributed by atoms with Crippen LogP contribution in [0.25, 0.3) is 11.5 Å². The number of thioether (sulfide) groups is 1. The molecule has 0 saturated carbocycles. The van der Waals surface area contributed by atoms with Crippen molar-refractivity contribution >= 4 is 11.8 Å². The molecule has 0 N–H and O–H groups in total. The zero-order valence-electron chi connectivity index (χ0n) is 12.6. The van der Waals surface area contributed by atoms with Crippen molar-refractivity contribution in [1.82, 2.24) is 15.2 Å². The second-order valence-electron chi connectivity index (χ2n) is 5.32. The average molecular weight is 325 g/mol. The second kappa shape index (κ2) is 6.04. The number of aryl methyl sites for hydroxylation is 1. The van der Waals surface area contributed by atoms with Crippen molar-refractivity contribution in [2.75, 3.05) is 7.11 Å². The monoisotopic (exact) mass is 325 g/mol. The van der Waals surface area contributed by atoms with Gasteiger partial charge in [0.2, 0.25) is 5.89 Å². The van der Waals surface area contributed by atoms with E-state index >= 15 is 0 Å². The van der Waals surface area contributed by atoms with Gasteiger partial charge in [-0.05, 0) is 48.2 Å². The summed E-state index contributed by atoms with van der Waals surface area (Å²) in [6, 6.07) is 9.98. The Hall–Kier alpha value is -2.34. The summed E-state index contributed by atoms with van der Waals surface area (Å²) in [4.78, 5) is 3.99. The number of fused-ring (bicyclic) bond motifs is 1. The fraction of sp³-hybridized carbons (Fsp3) is 0.235. The quantitative estimate of drug-likeness (QED) is 0.724. The van der Waals surface area contributed by atoms with E-state index in [0.29, 0.717) is 16.4 Å². The van der Waals surface area contributed by atoms with Crippen molar-refractivity contribution < 1.29 is 9.15 Å². The Morgan fingerprint density at radius 3 is 2.87 bits per heavy atom. The molecule has 6 heteroatoms. The first-order valence-corrected chi connectivity index (χ1v) is 8.29. The van der Waals surface area contributed by atoms with Crippen LogP contribution in [0.2, 0.25) is 0 Å². The van der Waals surface area contributed by atoms with Crippen molar-refractivity contribution in [1.29, 1.82) is 0 Å². The zero-order chi connectivity index (χ0) is 15.6. The van der Waals surface area contributed by atoms with E-state index in [1.807, 2.05) is 18.2 Å². The van der Waals surface area contributed by atoms with E-state index in [1.165, 1.54) is 11.1 Å². The van der Waals surface area contributed by atoms with Crippen molar-refractivity contribution in [3.8, 4) is 17.2 Å². The Morgan fingerprint density at radius 1 is 1.17 bits per heavy atom. The van der Waals surface area contributed by atoms with Crippen molar-refractivity contribution in [3.63, 3.8) is 0 Å². The SMILES string of the molecule is COc1ccc2c(c1)CCC2Sc1nnc(-c2ccncc2)o1. The van der Waals surface area contributed by atoms with Crippen LogP contribution in [0.3, 0.4) is 0 Å². The summed E-state index contributed by atoms with van der Waals surface area (Å²) >= 11 is 1.63. The molecule has 0 spiro atoms.